The standard InChI is InChI=1S/C14H17N3OS/c18-14(11-4-1-2-5-11)16-13-7-8-15-17(13)10-12-6-3-9-19-12/h3,6-9,11H,1-2,4-5,10H2,(H,16,18). The molecule has 2 heterocycles. The number of aromatic nitrogens is 2. The van der Waals surface area contributed by atoms with E-state index in [0.717, 1.165) is 18.7 Å². The van der Waals surface area contributed by atoms with E-state index in [1.165, 1.54) is 17.7 Å². The third kappa shape index (κ3) is 2.87. The van der Waals surface area contributed by atoms with E-state index in [9.17, 15) is 4.79 Å². The average molecular weight is 275 g/mol. The minimum Gasteiger partial charge on any atom is -0.311 e. The summed E-state index contributed by atoms with van der Waals surface area (Å²) >= 11 is 1.70. The van der Waals surface area contributed by atoms with Gasteiger partial charge in [0, 0.05) is 16.9 Å². The summed E-state index contributed by atoms with van der Waals surface area (Å²) in [7, 11) is 0. The first-order valence-corrected chi connectivity index (χ1v) is 7.56. The highest BCUT2D eigenvalue weighted by Crippen LogP contribution is 2.26. The van der Waals surface area contributed by atoms with Gasteiger partial charge in [0.25, 0.3) is 0 Å². The van der Waals surface area contributed by atoms with Crippen LogP contribution in [0.15, 0.2) is 29.8 Å². The largest absolute Gasteiger partial charge is 0.311 e. The Kier molecular flexibility index (Phi) is 3.64. The molecule has 0 spiro atoms. The number of hydrogen-bond donors (Lipinski definition) is 1. The quantitative estimate of drug-likeness (QED) is 0.932. The van der Waals surface area contributed by atoms with Crippen molar-refractivity contribution in [2.75, 3.05) is 5.32 Å². The van der Waals surface area contributed by atoms with Crippen LogP contribution in [0.25, 0.3) is 0 Å². The molecule has 0 unspecified atom stereocenters. The van der Waals surface area contributed by atoms with Gasteiger partial charge in [-0.3, -0.25) is 4.79 Å². The van der Waals surface area contributed by atoms with Gasteiger partial charge in [-0.05, 0) is 24.3 Å². The van der Waals surface area contributed by atoms with Gasteiger partial charge in [0.2, 0.25) is 5.91 Å². The summed E-state index contributed by atoms with van der Waals surface area (Å²) < 4.78 is 1.85. The lowest BCUT2D eigenvalue weighted by Crippen LogP contribution is -2.22. The van der Waals surface area contributed by atoms with Gasteiger partial charge in [-0.25, -0.2) is 4.68 Å². The molecule has 2 aromatic rings. The Hall–Kier alpha value is -1.62. The van der Waals surface area contributed by atoms with E-state index >= 15 is 0 Å². The predicted molar refractivity (Wildman–Crippen MR) is 76.2 cm³/mol. The zero-order chi connectivity index (χ0) is 13.1. The summed E-state index contributed by atoms with van der Waals surface area (Å²) in [6.07, 6.45) is 6.12. The lowest BCUT2D eigenvalue weighted by atomic mass is 10.1. The fraction of sp³-hybridized carbons (Fsp3) is 0.429. The number of thiophene rings is 1. The summed E-state index contributed by atoms with van der Waals surface area (Å²) in [6, 6.07) is 5.97. The second-order valence-electron chi connectivity index (χ2n) is 4.92. The summed E-state index contributed by atoms with van der Waals surface area (Å²) in [6.45, 7) is 0.713. The Morgan fingerprint density at radius 2 is 2.26 bits per heavy atom. The molecule has 19 heavy (non-hydrogen) atoms. The Labute approximate surface area is 116 Å². The number of hydrogen-bond acceptors (Lipinski definition) is 3. The van der Waals surface area contributed by atoms with Crippen molar-refractivity contribution in [2.45, 2.75) is 32.2 Å². The number of anilines is 1. The number of amides is 1. The normalized spacial score (nSPS) is 15.8. The Morgan fingerprint density at radius 3 is 3.00 bits per heavy atom. The molecular weight excluding hydrogens is 258 g/mol. The molecule has 0 saturated heterocycles. The van der Waals surface area contributed by atoms with Crippen LogP contribution in [0.2, 0.25) is 0 Å². The molecule has 0 atom stereocenters. The van der Waals surface area contributed by atoms with E-state index in [1.807, 2.05) is 16.8 Å². The molecule has 0 bridgehead atoms. The topological polar surface area (TPSA) is 46.9 Å². The second kappa shape index (κ2) is 5.57. The third-order valence-corrected chi connectivity index (χ3v) is 4.44. The molecule has 1 fully saturated rings. The first-order valence-electron chi connectivity index (χ1n) is 6.68. The number of carbonyl (C=O) groups is 1. The molecule has 2 aromatic heterocycles. The zero-order valence-corrected chi connectivity index (χ0v) is 11.5. The minimum atomic E-state index is 0.144. The molecule has 4 nitrogen and oxygen atoms in total. The van der Waals surface area contributed by atoms with Crippen LogP contribution in [0.5, 0.6) is 0 Å². The van der Waals surface area contributed by atoms with E-state index in [2.05, 4.69) is 21.9 Å². The molecule has 100 valence electrons. The highest BCUT2D eigenvalue weighted by molar-refractivity contribution is 7.09. The molecular formula is C14H17N3OS. The smallest absolute Gasteiger partial charge is 0.228 e. The van der Waals surface area contributed by atoms with Gasteiger partial charge in [-0.1, -0.05) is 18.9 Å². The van der Waals surface area contributed by atoms with Gasteiger partial charge >= 0.3 is 0 Å². The molecule has 0 radical (unpaired) electrons. The number of rotatable bonds is 4. The van der Waals surface area contributed by atoms with Crippen LogP contribution >= 0.6 is 11.3 Å². The van der Waals surface area contributed by atoms with Gasteiger partial charge in [0.15, 0.2) is 0 Å². The maximum Gasteiger partial charge on any atom is 0.228 e. The van der Waals surface area contributed by atoms with Crippen LogP contribution in [0, 0.1) is 5.92 Å². The van der Waals surface area contributed by atoms with Crippen molar-refractivity contribution in [2.24, 2.45) is 5.92 Å². The highest BCUT2D eigenvalue weighted by atomic mass is 32.1. The van der Waals surface area contributed by atoms with Crippen molar-refractivity contribution in [1.82, 2.24) is 9.78 Å². The molecule has 1 aliphatic carbocycles. The van der Waals surface area contributed by atoms with Crippen LogP contribution < -0.4 is 5.32 Å². The predicted octanol–water partition coefficient (Wildman–Crippen LogP) is 3.12. The third-order valence-electron chi connectivity index (χ3n) is 3.58. The van der Waals surface area contributed by atoms with Crippen LogP contribution in [-0.2, 0) is 11.3 Å². The van der Waals surface area contributed by atoms with E-state index in [1.54, 1.807) is 17.5 Å². The number of nitrogens with one attached hydrogen (secondary N) is 1. The van der Waals surface area contributed by atoms with Crippen LogP contribution in [0.1, 0.15) is 30.6 Å². The number of nitrogens with zero attached hydrogens (tertiary/aromatic N) is 2. The summed E-state index contributed by atoms with van der Waals surface area (Å²) in [5.41, 5.74) is 0. The van der Waals surface area contributed by atoms with Crippen molar-refractivity contribution in [1.29, 1.82) is 0 Å². The zero-order valence-electron chi connectivity index (χ0n) is 10.7. The molecule has 3 rings (SSSR count). The van der Waals surface area contributed by atoms with Crippen molar-refractivity contribution in [3.63, 3.8) is 0 Å². The summed E-state index contributed by atoms with van der Waals surface area (Å²) in [5.74, 6) is 1.13. The lowest BCUT2D eigenvalue weighted by Gasteiger charge is -2.11. The first kappa shape index (κ1) is 12.4. The highest BCUT2D eigenvalue weighted by Gasteiger charge is 2.23. The lowest BCUT2D eigenvalue weighted by molar-refractivity contribution is -0.119. The van der Waals surface area contributed by atoms with Gasteiger partial charge in [0.05, 0.1) is 12.7 Å². The molecule has 1 aliphatic rings. The average Bonchev–Trinajstić information content (AvgIpc) is 3.12. The van der Waals surface area contributed by atoms with Crippen LogP contribution in [0.3, 0.4) is 0 Å². The summed E-state index contributed by atoms with van der Waals surface area (Å²) in [4.78, 5) is 13.4. The molecule has 0 aliphatic heterocycles. The Balaban J connectivity index is 1.67. The fourth-order valence-corrected chi connectivity index (χ4v) is 3.22. The van der Waals surface area contributed by atoms with Crippen molar-refractivity contribution >= 4 is 23.1 Å². The SMILES string of the molecule is O=C(Nc1ccnn1Cc1cccs1)C1CCCC1. The molecule has 0 aromatic carbocycles. The van der Waals surface area contributed by atoms with Crippen molar-refractivity contribution < 1.29 is 4.79 Å². The maximum atomic E-state index is 12.1. The molecule has 1 saturated carbocycles. The van der Waals surface area contributed by atoms with Gasteiger partial charge in [-0.15, -0.1) is 11.3 Å². The van der Waals surface area contributed by atoms with Crippen molar-refractivity contribution in [3.8, 4) is 0 Å². The Bertz CT molecular complexity index is 541. The van der Waals surface area contributed by atoms with E-state index in [-0.39, 0.29) is 11.8 Å². The molecule has 1 amide bonds. The Morgan fingerprint density at radius 1 is 1.42 bits per heavy atom. The van der Waals surface area contributed by atoms with Crippen molar-refractivity contribution in [3.05, 3.63) is 34.7 Å². The summed E-state index contributed by atoms with van der Waals surface area (Å²) in [5, 5.41) is 9.34. The maximum absolute atomic E-state index is 12.1. The van der Waals surface area contributed by atoms with E-state index in [0.29, 0.717) is 6.54 Å². The minimum absolute atomic E-state index is 0.144. The first-order chi connectivity index (χ1) is 9.33. The van der Waals surface area contributed by atoms with Gasteiger partial charge in [-0.2, -0.15) is 5.10 Å². The second-order valence-corrected chi connectivity index (χ2v) is 5.96. The number of carbonyl (C=O) groups excluding carboxylic acids is 1. The van der Waals surface area contributed by atoms with Crippen LogP contribution in [0.4, 0.5) is 5.82 Å². The van der Waals surface area contributed by atoms with Gasteiger partial charge < -0.3 is 5.32 Å². The molecule has 5 heteroatoms. The van der Waals surface area contributed by atoms with E-state index < -0.39 is 0 Å². The van der Waals surface area contributed by atoms with Gasteiger partial charge in [0.1, 0.15) is 5.82 Å². The van der Waals surface area contributed by atoms with E-state index in [4.69, 9.17) is 0 Å². The molecule has 1 N–H and O–H groups in total. The fourth-order valence-electron chi connectivity index (χ4n) is 2.53. The van der Waals surface area contributed by atoms with Crippen LogP contribution in [-0.4, -0.2) is 15.7 Å². The monoisotopic (exact) mass is 275 g/mol.